The van der Waals surface area contributed by atoms with Crippen molar-refractivity contribution in [2.24, 2.45) is 5.92 Å². The SMILES string of the molecule is CNCC(C)C(=O)Nc1ccc(CC(=O)O)cc1. The standard InChI is InChI=1S/C13H18N2O3/c1-9(8-14-2)13(18)15-11-5-3-10(4-6-11)7-12(16)17/h3-6,9,14H,7-8H2,1-2H3,(H,15,18)(H,16,17). The maximum atomic E-state index is 11.7. The van der Waals surface area contributed by atoms with E-state index < -0.39 is 5.97 Å². The van der Waals surface area contributed by atoms with Crippen molar-refractivity contribution in [2.45, 2.75) is 13.3 Å². The average Bonchev–Trinajstić information content (AvgIpc) is 2.31. The lowest BCUT2D eigenvalue weighted by Crippen LogP contribution is -2.28. The van der Waals surface area contributed by atoms with E-state index in [2.05, 4.69) is 10.6 Å². The van der Waals surface area contributed by atoms with Crippen LogP contribution in [0.3, 0.4) is 0 Å². The first-order chi connectivity index (χ1) is 8.52. The number of hydrogen-bond acceptors (Lipinski definition) is 3. The highest BCUT2D eigenvalue weighted by Crippen LogP contribution is 2.11. The number of carboxylic acid groups (broad SMARTS) is 1. The van der Waals surface area contributed by atoms with Crippen LogP contribution >= 0.6 is 0 Å². The molecule has 0 aromatic heterocycles. The topological polar surface area (TPSA) is 78.4 Å². The van der Waals surface area contributed by atoms with Crippen LogP contribution in [-0.4, -0.2) is 30.6 Å². The Morgan fingerprint density at radius 3 is 2.39 bits per heavy atom. The summed E-state index contributed by atoms with van der Waals surface area (Å²) >= 11 is 0. The van der Waals surface area contributed by atoms with E-state index in [1.165, 1.54) is 0 Å². The van der Waals surface area contributed by atoms with Crippen LogP contribution in [-0.2, 0) is 16.0 Å². The number of nitrogens with one attached hydrogen (secondary N) is 2. The molecular formula is C13H18N2O3. The minimum atomic E-state index is -0.866. The van der Waals surface area contributed by atoms with E-state index in [1.54, 1.807) is 31.3 Å². The van der Waals surface area contributed by atoms with Crippen LogP contribution in [0.25, 0.3) is 0 Å². The molecule has 0 bridgehead atoms. The highest BCUT2D eigenvalue weighted by Gasteiger charge is 2.11. The van der Waals surface area contributed by atoms with E-state index in [0.717, 1.165) is 0 Å². The van der Waals surface area contributed by atoms with Gasteiger partial charge in [0.25, 0.3) is 0 Å². The summed E-state index contributed by atoms with van der Waals surface area (Å²) in [6.07, 6.45) is -0.00954. The third kappa shape index (κ3) is 4.55. The molecule has 0 saturated carbocycles. The van der Waals surface area contributed by atoms with Crippen LogP contribution in [0.5, 0.6) is 0 Å². The Morgan fingerprint density at radius 1 is 1.28 bits per heavy atom. The van der Waals surface area contributed by atoms with Crippen molar-refractivity contribution in [3.05, 3.63) is 29.8 Å². The molecule has 5 heteroatoms. The minimum Gasteiger partial charge on any atom is -0.481 e. The molecule has 1 amide bonds. The number of hydrogen-bond donors (Lipinski definition) is 3. The number of amides is 1. The Labute approximate surface area is 106 Å². The summed E-state index contributed by atoms with van der Waals surface area (Å²) in [4.78, 5) is 22.2. The summed E-state index contributed by atoms with van der Waals surface area (Å²) in [5.74, 6) is -1.04. The Hall–Kier alpha value is -1.88. The average molecular weight is 250 g/mol. The van der Waals surface area contributed by atoms with Crippen molar-refractivity contribution >= 4 is 17.6 Å². The van der Waals surface area contributed by atoms with E-state index in [-0.39, 0.29) is 18.2 Å². The number of carbonyl (C=O) groups is 2. The van der Waals surface area contributed by atoms with Crippen molar-refractivity contribution in [3.63, 3.8) is 0 Å². The van der Waals surface area contributed by atoms with Crippen molar-refractivity contribution in [3.8, 4) is 0 Å². The second-order valence-corrected chi connectivity index (χ2v) is 4.22. The summed E-state index contributed by atoms with van der Waals surface area (Å²) in [6.45, 7) is 2.45. The molecule has 0 saturated heterocycles. The smallest absolute Gasteiger partial charge is 0.307 e. The lowest BCUT2D eigenvalue weighted by atomic mass is 10.1. The number of carboxylic acids is 1. The Morgan fingerprint density at radius 2 is 1.89 bits per heavy atom. The lowest BCUT2D eigenvalue weighted by Gasteiger charge is -2.11. The van der Waals surface area contributed by atoms with Crippen molar-refractivity contribution in [1.82, 2.24) is 5.32 Å². The molecule has 1 rings (SSSR count). The minimum absolute atomic E-state index is 0.00954. The van der Waals surface area contributed by atoms with Gasteiger partial charge in [-0.3, -0.25) is 9.59 Å². The quantitative estimate of drug-likeness (QED) is 0.706. The van der Waals surface area contributed by atoms with Gasteiger partial charge < -0.3 is 15.7 Å². The van der Waals surface area contributed by atoms with Crippen LogP contribution in [0.2, 0.25) is 0 Å². The molecule has 0 aliphatic carbocycles. The van der Waals surface area contributed by atoms with Crippen molar-refractivity contribution in [1.29, 1.82) is 0 Å². The molecule has 0 aliphatic heterocycles. The third-order valence-corrected chi connectivity index (χ3v) is 2.53. The number of carbonyl (C=O) groups excluding carboxylic acids is 1. The van der Waals surface area contributed by atoms with Gasteiger partial charge in [-0.15, -0.1) is 0 Å². The normalized spacial score (nSPS) is 11.9. The first-order valence-corrected chi connectivity index (χ1v) is 5.79. The van der Waals surface area contributed by atoms with Gasteiger partial charge in [-0.2, -0.15) is 0 Å². The predicted molar refractivity (Wildman–Crippen MR) is 69.5 cm³/mol. The van der Waals surface area contributed by atoms with E-state index in [1.807, 2.05) is 6.92 Å². The second kappa shape index (κ2) is 6.76. The van der Waals surface area contributed by atoms with Crippen molar-refractivity contribution < 1.29 is 14.7 Å². The summed E-state index contributed by atoms with van der Waals surface area (Å²) in [7, 11) is 1.80. The molecule has 1 aromatic rings. The van der Waals surface area contributed by atoms with Gasteiger partial charge in [0.15, 0.2) is 0 Å². The number of anilines is 1. The van der Waals surface area contributed by atoms with Crippen LogP contribution in [0, 0.1) is 5.92 Å². The maximum Gasteiger partial charge on any atom is 0.307 e. The second-order valence-electron chi connectivity index (χ2n) is 4.22. The van der Waals surface area contributed by atoms with Gasteiger partial charge in [-0.05, 0) is 24.7 Å². The van der Waals surface area contributed by atoms with E-state index in [9.17, 15) is 9.59 Å². The fraction of sp³-hybridized carbons (Fsp3) is 0.385. The molecule has 1 atom stereocenters. The zero-order valence-corrected chi connectivity index (χ0v) is 10.6. The Balaban J connectivity index is 2.58. The van der Waals surface area contributed by atoms with E-state index >= 15 is 0 Å². The summed E-state index contributed by atoms with van der Waals surface area (Å²) < 4.78 is 0. The Kier molecular flexibility index (Phi) is 5.32. The highest BCUT2D eigenvalue weighted by atomic mass is 16.4. The van der Waals surface area contributed by atoms with Gasteiger partial charge in [-0.1, -0.05) is 19.1 Å². The van der Waals surface area contributed by atoms with Crippen molar-refractivity contribution in [2.75, 3.05) is 18.9 Å². The molecule has 18 heavy (non-hydrogen) atoms. The lowest BCUT2D eigenvalue weighted by molar-refractivity contribution is -0.136. The summed E-state index contributed by atoms with van der Waals surface area (Å²) in [5.41, 5.74) is 1.39. The van der Waals surface area contributed by atoms with Gasteiger partial charge in [0.05, 0.1) is 6.42 Å². The number of benzene rings is 1. The molecule has 3 N–H and O–H groups in total. The van der Waals surface area contributed by atoms with Crippen LogP contribution in [0.4, 0.5) is 5.69 Å². The molecule has 98 valence electrons. The largest absolute Gasteiger partial charge is 0.481 e. The van der Waals surface area contributed by atoms with Crippen LogP contribution in [0.1, 0.15) is 12.5 Å². The van der Waals surface area contributed by atoms with Gasteiger partial charge in [0, 0.05) is 18.2 Å². The van der Waals surface area contributed by atoms with Gasteiger partial charge in [0.2, 0.25) is 5.91 Å². The molecule has 0 aliphatic rings. The molecular weight excluding hydrogens is 232 g/mol. The zero-order chi connectivity index (χ0) is 13.5. The Bertz CT molecular complexity index is 415. The molecule has 0 radical (unpaired) electrons. The van der Waals surface area contributed by atoms with Gasteiger partial charge in [0.1, 0.15) is 0 Å². The number of rotatable bonds is 6. The molecule has 0 heterocycles. The zero-order valence-electron chi connectivity index (χ0n) is 10.6. The molecule has 5 nitrogen and oxygen atoms in total. The van der Waals surface area contributed by atoms with Gasteiger partial charge >= 0.3 is 5.97 Å². The fourth-order valence-corrected chi connectivity index (χ4v) is 1.54. The van der Waals surface area contributed by atoms with Gasteiger partial charge in [-0.25, -0.2) is 0 Å². The predicted octanol–water partition coefficient (Wildman–Crippen LogP) is 1.11. The molecule has 0 fully saturated rings. The first-order valence-electron chi connectivity index (χ1n) is 5.79. The third-order valence-electron chi connectivity index (χ3n) is 2.53. The van der Waals surface area contributed by atoms with E-state index in [4.69, 9.17) is 5.11 Å². The van der Waals surface area contributed by atoms with Crippen LogP contribution < -0.4 is 10.6 Å². The monoisotopic (exact) mass is 250 g/mol. The summed E-state index contributed by atoms with van der Waals surface area (Å²) in [5, 5.41) is 14.4. The molecule has 1 unspecified atom stereocenters. The van der Waals surface area contributed by atoms with E-state index in [0.29, 0.717) is 17.8 Å². The first kappa shape index (κ1) is 14.2. The fourth-order valence-electron chi connectivity index (χ4n) is 1.54. The number of aliphatic carboxylic acids is 1. The maximum absolute atomic E-state index is 11.7. The highest BCUT2D eigenvalue weighted by molar-refractivity contribution is 5.92. The summed E-state index contributed by atoms with van der Waals surface area (Å²) in [6, 6.07) is 6.82. The molecule has 0 spiro atoms. The van der Waals surface area contributed by atoms with Crippen LogP contribution in [0.15, 0.2) is 24.3 Å². The molecule has 1 aromatic carbocycles.